The van der Waals surface area contributed by atoms with Crippen molar-refractivity contribution in [3.8, 4) is 0 Å². The number of unbranched alkanes of at least 4 members (excludes halogenated alkanes) is 20. The molecule has 0 bridgehead atoms. The molecule has 0 amide bonds. The molecule has 1 heterocycles. The molecule has 0 aliphatic carbocycles. The number of hydrogen-bond acceptors (Lipinski definition) is 12. The first-order valence-corrected chi connectivity index (χ1v) is 31.0. The van der Waals surface area contributed by atoms with Crippen molar-refractivity contribution >= 4 is 33.8 Å². The number of thioether (sulfide) groups is 2. The van der Waals surface area contributed by atoms with Gasteiger partial charge in [0, 0.05) is 89.8 Å². The molecular weight excluding hydrogens is 889 g/mol. The fourth-order valence-electron chi connectivity index (χ4n) is 9.56. The molecule has 1 aliphatic heterocycles. The van der Waals surface area contributed by atoms with Gasteiger partial charge in [-0.1, -0.05) is 205 Å². The van der Waals surface area contributed by atoms with Gasteiger partial charge < -0.3 is 20.4 Å². The number of rotatable bonds is 50. The van der Waals surface area contributed by atoms with E-state index < -0.39 is 24.4 Å². The van der Waals surface area contributed by atoms with Gasteiger partial charge in [0.2, 0.25) is 0 Å². The van der Waals surface area contributed by atoms with Crippen LogP contribution in [0.25, 0.3) is 0 Å². The zero-order valence-corrected chi connectivity index (χ0v) is 46.7. The Balaban J connectivity index is 2.37. The van der Waals surface area contributed by atoms with Crippen molar-refractivity contribution in [3.05, 3.63) is 0 Å². The Hall–Kier alpha value is -0.280. The summed E-state index contributed by atoms with van der Waals surface area (Å²) < 4.78 is 0. The van der Waals surface area contributed by atoms with Crippen LogP contribution < -0.4 is 0 Å². The Morgan fingerprint density at radius 1 is 0.397 bits per heavy atom. The SMILES string of the molecule is CCCCCCCCC(O)CN(CCCC(=O)SCCN1CCN(CCSC(=O)CCCN(CC(O)CCCCCCCC)CC(O)CCCCCCCC)CC1)CC(O)CCCCCCCC. The van der Waals surface area contributed by atoms with Gasteiger partial charge in [0.05, 0.1) is 24.4 Å². The normalized spacial score (nSPS) is 15.7. The minimum atomic E-state index is -0.390. The molecule has 12 heteroatoms. The van der Waals surface area contributed by atoms with Gasteiger partial charge in [-0.25, -0.2) is 0 Å². The van der Waals surface area contributed by atoms with E-state index in [1.165, 1.54) is 152 Å². The van der Waals surface area contributed by atoms with E-state index in [1.807, 2.05) is 0 Å². The van der Waals surface area contributed by atoms with Gasteiger partial charge >= 0.3 is 0 Å². The molecule has 0 spiro atoms. The van der Waals surface area contributed by atoms with Crippen LogP contribution >= 0.6 is 23.5 Å². The minimum absolute atomic E-state index is 0.237. The van der Waals surface area contributed by atoms with E-state index in [0.29, 0.717) is 39.0 Å². The summed E-state index contributed by atoms with van der Waals surface area (Å²) in [5.41, 5.74) is 0. The summed E-state index contributed by atoms with van der Waals surface area (Å²) in [6.45, 7) is 18.4. The van der Waals surface area contributed by atoms with Crippen LogP contribution in [-0.4, -0.2) is 165 Å². The molecule has 0 aromatic rings. The Labute approximate surface area is 429 Å². The zero-order chi connectivity index (χ0) is 49.7. The first kappa shape index (κ1) is 65.7. The van der Waals surface area contributed by atoms with Gasteiger partial charge in [-0.3, -0.25) is 29.2 Å². The van der Waals surface area contributed by atoms with E-state index >= 15 is 0 Å². The fraction of sp³-hybridized carbons (Fsp3) is 0.964. The second-order valence-corrected chi connectivity index (χ2v) is 23.0. The summed E-state index contributed by atoms with van der Waals surface area (Å²) in [4.78, 5) is 35.2. The summed E-state index contributed by atoms with van der Waals surface area (Å²) in [6, 6.07) is 0. The Morgan fingerprint density at radius 2 is 0.647 bits per heavy atom. The zero-order valence-electron chi connectivity index (χ0n) is 45.0. The Morgan fingerprint density at radius 3 is 0.912 bits per heavy atom. The van der Waals surface area contributed by atoms with E-state index in [0.717, 1.165) is 128 Å². The van der Waals surface area contributed by atoms with Crippen molar-refractivity contribution in [1.82, 2.24) is 19.6 Å². The minimum Gasteiger partial charge on any atom is -0.392 e. The van der Waals surface area contributed by atoms with E-state index in [9.17, 15) is 30.0 Å². The summed E-state index contributed by atoms with van der Waals surface area (Å²) in [7, 11) is 0. The van der Waals surface area contributed by atoms with E-state index in [4.69, 9.17) is 0 Å². The fourth-order valence-corrected chi connectivity index (χ4v) is 11.3. The third kappa shape index (κ3) is 41.2. The molecule has 0 radical (unpaired) electrons. The number of hydrogen-bond donors (Lipinski definition) is 4. The molecule has 1 saturated heterocycles. The lowest BCUT2D eigenvalue weighted by Crippen LogP contribution is -2.47. The topological polar surface area (TPSA) is 128 Å². The molecule has 0 saturated carbocycles. The van der Waals surface area contributed by atoms with Crippen LogP contribution in [0.3, 0.4) is 0 Å². The maximum absolute atomic E-state index is 12.9. The summed E-state index contributed by atoms with van der Waals surface area (Å²) in [5.74, 6) is 1.60. The predicted molar refractivity (Wildman–Crippen MR) is 295 cm³/mol. The van der Waals surface area contributed by atoms with Crippen molar-refractivity contribution in [2.24, 2.45) is 0 Å². The highest BCUT2D eigenvalue weighted by atomic mass is 32.2. The molecule has 1 fully saturated rings. The smallest absolute Gasteiger partial charge is 0.189 e. The lowest BCUT2D eigenvalue weighted by Gasteiger charge is -2.34. The second kappa shape index (κ2) is 47.7. The molecule has 1 aliphatic rings. The number of carbonyl (C=O) groups is 2. The van der Waals surface area contributed by atoms with Gasteiger partial charge in [0.25, 0.3) is 0 Å². The monoisotopic (exact) mass is 1000 g/mol. The molecule has 10 nitrogen and oxygen atoms in total. The highest BCUT2D eigenvalue weighted by molar-refractivity contribution is 8.13. The first-order valence-electron chi connectivity index (χ1n) is 29.0. The summed E-state index contributed by atoms with van der Waals surface area (Å²) in [5, 5.41) is 44.0. The van der Waals surface area contributed by atoms with Crippen molar-refractivity contribution in [3.63, 3.8) is 0 Å². The molecule has 4 N–H and O–H groups in total. The Bertz CT molecular complexity index is 989. The highest BCUT2D eigenvalue weighted by Crippen LogP contribution is 2.17. The van der Waals surface area contributed by atoms with Gasteiger partial charge in [-0.05, 0) is 51.6 Å². The van der Waals surface area contributed by atoms with Crippen molar-refractivity contribution in [2.75, 3.05) is 90.0 Å². The molecule has 1 rings (SSSR count). The van der Waals surface area contributed by atoms with Crippen LogP contribution in [0.1, 0.15) is 233 Å². The standard InChI is InChI=1S/C56H112N4O6S2/c1-5-9-13-17-21-25-31-51(61)47-59(48-52(62)32-26-22-18-14-10-6-2)37-29-35-55(65)67-45-43-57-39-41-58(42-40-57)44-46-68-56(66)36-30-38-60(49-53(63)33-27-23-19-15-11-7-3)50-54(64)34-28-24-20-16-12-8-4/h51-54,61-64H,5-50H2,1-4H3. The van der Waals surface area contributed by atoms with Crippen LogP contribution in [0.2, 0.25) is 0 Å². The Kier molecular flexibility index (Phi) is 46.1. The van der Waals surface area contributed by atoms with Crippen LogP contribution in [-0.2, 0) is 9.59 Å². The lowest BCUT2D eigenvalue weighted by atomic mass is 10.1. The van der Waals surface area contributed by atoms with Crippen molar-refractivity contribution in [2.45, 2.75) is 258 Å². The third-order valence-electron chi connectivity index (χ3n) is 14.0. The quantitative estimate of drug-likeness (QED) is 0.0433. The molecule has 0 aromatic heterocycles. The molecule has 4 unspecified atom stereocenters. The van der Waals surface area contributed by atoms with Gasteiger partial charge in [0.15, 0.2) is 10.2 Å². The van der Waals surface area contributed by atoms with Crippen LogP contribution in [0.15, 0.2) is 0 Å². The largest absolute Gasteiger partial charge is 0.392 e. The molecule has 4 atom stereocenters. The van der Waals surface area contributed by atoms with Gasteiger partial charge in [-0.2, -0.15) is 0 Å². The lowest BCUT2D eigenvalue weighted by molar-refractivity contribution is -0.111. The van der Waals surface area contributed by atoms with E-state index in [-0.39, 0.29) is 10.2 Å². The number of carbonyl (C=O) groups excluding carboxylic acids is 2. The highest BCUT2D eigenvalue weighted by Gasteiger charge is 2.20. The van der Waals surface area contributed by atoms with Crippen LogP contribution in [0, 0.1) is 0 Å². The van der Waals surface area contributed by atoms with E-state index in [1.54, 1.807) is 0 Å². The summed E-state index contributed by atoms with van der Waals surface area (Å²) >= 11 is 2.90. The molecular formula is C56H112N4O6S2. The van der Waals surface area contributed by atoms with Gasteiger partial charge in [0.1, 0.15) is 0 Å². The second-order valence-electron chi connectivity index (χ2n) is 20.7. The van der Waals surface area contributed by atoms with E-state index in [2.05, 4.69) is 47.3 Å². The van der Waals surface area contributed by atoms with Crippen molar-refractivity contribution in [1.29, 1.82) is 0 Å². The maximum Gasteiger partial charge on any atom is 0.189 e. The molecule has 68 heavy (non-hydrogen) atoms. The van der Waals surface area contributed by atoms with Crippen molar-refractivity contribution < 1.29 is 30.0 Å². The van der Waals surface area contributed by atoms with Gasteiger partial charge in [-0.15, -0.1) is 0 Å². The molecule has 404 valence electrons. The third-order valence-corrected chi connectivity index (χ3v) is 15.8. The maximum atomic E-state index is 12.9. The summed E-state index contributed by atoms with van der Waals surface area (Å²) in [6.07, 6.45) is 33.2. The number of nitrogens with zero attached hydrogens (tertiary/aromatic N) is 4. The number of aliphatic hydroxyl groups is 4. The molecule has 0 aromatic carbocycles. The first-order chi connectivity index (χ1) is 33.1. The number of aliphatic hydroxyl groups excluding tert-OH is 4. The number of piperazine rings is 1. The van der Waals surface area contributed by atoms with Crippen LogP contribution in [0.5, 0.6) is 0 Å². The average molecular weight is 1000 g/mol. The average Bonchev–Trinajstić information content (AvgIpc) is 3.31. The van der Waals surface area contributed by atoms with Crippen LogP contribution in [0.4, 0.5) is 0 Å². The predicted octanol–water partition coefficient (Wildman–Crippen LogP) is 11.7.